The Bertz CT molecular complexity index is 967. The first-order chi connectivity index (χ1) is 11.4. The van der Waals surface area contributed by atoms with Crippen LogP contribution in [-0.4, -0.2) is 23.2 Å². The third-order valence-corrected chi connectivity index (χ3v) is 5.36. The fourth-order valence-corrected chi connectivity index (χ4v) is 4.04. The molecule has 8 heteroatoms. The van der Waals surface area contributed by atoms with Crippen LogP contribution >= 0.6 is 11.6 Å². The minimum Gasteiger partial charge on any atom is -0.278 e. The van der Waals surface area contributed by atoms with Gasteiger partial charge in [-0.1, -0.05) is 11.6 Å². The van der Waals surface area contributed by atoms with Crippen molar-refractivity contribution in [2.75, 3.05) is 4.72 Å². The molecule has 24 heavy (non-hydrogen) atoms. The average Bonchev–Trinajstić information content (AvgIpc) is 2.84. The van der Waals surface area contributed by atoms with E-state index >= 15 is 0 Å². The molecule has 0 aliphatic heterocycles. The zero-order valence-corrected chi connectivity index (χ0v) is 14.6. The summed E-state index contributed by atoms with van der Waals surface area (Å²) < 4.78 is 29.6. The maximum Gasteiger partial charge on any atom is 0.265 e. The summed E-state index contributed by atoms with van der Waals surface area (Å²) in [6.07, 6.45) is 3.03. The Hall–Kier alpha value is -2.38. The van der Waals surface area contributed by atoms with Crippen molar-refractivity contribution >= 4 is 27.3 Å². The summed E-state index contributed by atoms with van der Waals surface area (Å²) in [5, 5.41) is 4.96. The fourth-order valence-electron chi connectivity index (χ4n) is 2.48. The van der Waals surface area contributed by atoms with Gasteiger partial charge in [-0.3, -0.25) is 9.71 Å². The van der Waals surface area contributed by atoms with Crippen LogP contribution in [-0.2, 0) is 10.0 Å². The summed E-state index contributed by atoms with van der Waals surface area (Å²) in [5.41, 5.74) is 2.07. The van der Waals surface area contributed by atoms with Gasteiger partial charge in [-0.05, 0) is 50.2 Å². The second-order valence-corrected chi connectivity index (χ2v) is 7.29. The number of aromatic nitrogens is 3. The van der Waals surface area contributed by atoms with E-state index in [4.69, 9.17) is 11.6 Å². The maximum absolute atomic E-state index is 12.7. The molecule has 3 rings (SSSR count). The highest BCUT2D eigenvalue weighted by molar-refractivity contribution is 7.92. The van der Waals surface area contributed by atoms with Crippen molar-refractivity contribution in [2.24, 2.45) is 0 Å². The zero-order valence-electron chi connectivity index (χ0n) is 13.1. The highest BCUT2D eigenvalue weighted by atomic mass is 35.5. The third-order valence-electron chi connectivity index (χ3n) is 3.48. The molecular weight excluding hydrogens is 348 g/mol. The topological polar surface area (TPSA) is 76.9 Å². The van der Waals surface area contributed by atoms with Crippen LogP contribution in [0, 0.1) is 13.8 Å². The molecule has 0 bridgehead atoms. The van der Waals surface area contributed by atoms with Gasteiger partial charge in [0.15, 0.2) is 0 Å². The molecule has 6 nitrogen and oxygen atoms in total. The molecular formula is C16H15ClN4O2S. The second-order valence-electron chi connectivity index (χ2n) is 5.24. The lowest BCUT2D eigenvalue weighted by atomic mass is 10.3. The van der Waals surface area contributed by atoms with Gasteiger partial charge in [0.2, 0.25) is 0 Å². The third kappa shape index (κ3) is 3.13. The van der Waals surface area contributed by atoms with E-state index < -0.39 is 10.0 Å². The van der Waals surface area contributed by atoms with Crippen LogP contribution in [0.5, 0.6) is 0 Å². The molecule has 0 unspecified atom stereocenters. The molecule has 1 N–H and O–H groups in total. The van der Waals surface area contributed by atoms with E-state index in [1.165, 1.54) is 6.20 Å². The van der Waals surface area contributed by atoms with Gasteiger partial charge in [-0.15, -0.1) is 0 Å². The summed E-state index contributed by atoms with van der Waals surface area (Å²) in [5.74, 6) is 0. The summed E-state index contributed by atoms with van der Waals surface area (Å²) in [7, 11) is -3.77. The number of anilines is 1. The number of hydrogen-bond donors (Lipinski definition) is 1. The monoisotopic (exact) mass is 362 g/mol. The summed E-state index contributed by atoms with van der Waals surface area (Å²) in [6.45, 7) is 3.38. The van der Waals surface area contributed by atoms with Crippen LogP contribution < -0.4 is 4.72 Å². The Morgan fingerprint density at radius 2 is 1.83 bits per heavy atom. The number of hydrogen-bond acceptors (Lipinski definition) is 4. The Morgan fingerprint density at radius 3 is 2.46 bits per heavy atom. The van der Waals surface area contributed by atoms with Gasteiger partial charge in [0, 0.05) is 11.2 Å². The number of rotatable bonds is 4. The lowest BCUT2D eigenvalue weighted by Gasteiger charge is -2.08. The number of benzene rings is 1. The van der Waals surface area contributed by atoms with Crippen molar-refractivity contribution in [3.63, 3.8) is 0 Å². The number of halogens is 1. The average molecular weight is 363 g/mol. The molecule has 0 amide bonds. The summed E-state index contributed by atoms with van der Waals surface area (Å²) in [6, 6.07) is 10.3. The van der Waals surface area contributed by atoms with Gasteiger partial charge in [-0.25, -0.2) is 13.1 Å². The first kappa shape index (κ1) is 16.5. The Morgan fingerprint density at radius 1 is 1.12 bits per heavy atom. The van der Waals surface area contributed by atoms with Crippen LogP contribution in [0.25, 0.3) is 5.69 Å². The van der Waals surface area contributed by atoms with Crippen LogP contribution in [0.1, 0.15) is 11.4 Å². The Kier molecular flexibility index (Phi) is 4.29. The molecule has 0 radical (unpaired) electrons. The van der Waals surface area contributed by atoms with E-state index in [-0.39, 0.29) is 4.90 Å². The molecule has 2 heterocycles. The molecule has 0 atom stereocenters. The minimum atomic E-state index is -3.77. The van der Waals surface area contributed by atoms with Crippen molar-refractivity contribution in [1.82, 2.24) is 14.8 Å². The quantitative estimate of drug-likeness (QED) is 0.772. The van der Waals surface area contributed by atoms with Gasteiger partial charge in [0.25, 0.3) is 10.0 Å². The van der Waals surface area contributed by atoms with E-state index in [1.54, 1.807) is 61.1 Å². The predicted molar refractivity (Wildman–Crippen MR) is 93.1 cm³/mol. The molecule has 0 aliphatic rings. The van der Waals surface area contributed by atoms with E-state index in [0.29, 0.717) is 22.1 Å². The number of aryl methyl sites for hydroxylation is 1. The molecule has 0 spiro atoms. The SMILES string of the molecule is Cc1nn(-c2ccc(Cl)cc2)c(C)c1S(=O)(=O)Nc1cccnc1. The number of nitrogens with zero attached hydrogens (tertiary/aromatic N) is 3. The summed E-state index contributed by atoms with van der Waals surface area (Å²) >= 11 is 5.90. The van der Waals surface area contributed by atoms with E-state index in [2.05, 4.69) is 14.8 Å². The van der Waals surface area contributed by atoms with Crippen LogP contribution in [0.3, 0.4) is 0 Å². The van der Waals surface area contributed by atoms with Crippen molar-refractivity contribution in [3.8, 4) is 5.69 Å². The van der Waals surface area contributed by atoms with E-state index in [1.807, 2.05) is 0 Å². The fraction of sp³-hybridized carbons (Fsp3) is 0.125. The molecule has 1 aromatic carbocycles. The smallest absolute Gasteiger partial charge is 0.265 e. The molecule has 124 valence electrons. The van der Waals surface area contributed by atoms with Crippen molar-refractivity contribution in [3.05, 3.63) is 65.2 Å². The highest BCUT2D eigenvalue weighted by Crippen LogP contribution is 2.25. The van der Waals surface area contributed by atoms with Crippen LogP contribution in [0.4, 0.5) is 5.69 Å². The predicted octanol–water partition coefficient (Wildman–Crippen LogP) is 3.34. The number of sulfonamides is 1. The number of pyridine rings is 1. The molecule has 2 aromatic heterocycles. The summed E-state index contributed by atoms with van der Waals surface area (Å²) in [4.78, 5) is 4.06. The normalized spacial score (nSPS) is 11.5. The molecule has 0 fully saturated rings. The minimum absolute atomic E-state index is 0.154. The van der Waals surface area contributed by atoms with Crippen molar-refractivity contribution < 1.29 is 8.42 Å². The highest BCUT2D eigenvalue weighted by Gasteiger charge is 2.25. The Balaban J connectivity index is 2.04. The second kappa shape index (κ2) is 6.26. The van der Waals surface area contributed by atoms with Crippen LogP contribution in [0.2, 0.25) is 5.02 Å². The largest absolute Gasteiger partial charge is 0.278 e. The van der Waals surface area contributed by atoms with E-state index in [9.17, 15) is 8.42 Å². The first-order valence-corrected chi connectivity index (χ1v) is 8.99. The van der Waals surface area contributed by atoms with Gasteiger partial charge in [0.05, 0.1) is 29.0 Å². The zero-order chi connectivity index (χ0) is 17.3. The van der Waals surface area contributed by atoms with Gasteiger partial charge >= 0.3 is 0 Å². The van der Waals surface area contributed by atoms with E-state index in [0.717, 1.165) is 5.69 Å². The molecule has 0 saturated carbocycles. The first-order valence-electron chi connectivity index (χ1n) is 7.13. The molecule has 3 aromatic rings. The van der Waals surface area contributed by atoms with Gasteiger partial charge in [-0.2, -0.15) is 5.10 Å². The van der Waals surface area contributed by atoms with Crippen molar-refractivity contribution in [1.29, 1.82) is 0 Å². The van der Waals surface area contributed by atoms with Crippen LogP contribution in [0.15, 0.2) is 53.7 Å². The van der Waals surface area contributed by atoms with Gasteiger partial charge in [0.1, 0.15) is 4.90 Å². The van der Waals surface area contributed by atoms with Gasteiger partial charge < -0.3 is 0 Å². The molecule has 0 aliphatic carbocycles. The number of nitrogens with one attached hydrogen (secondary N) is 1. The maximum atomic E-state index is 12.7. The lowest BCUT2D eigenvalue weighted by Crippen LogP contribution is -2.15. The lowest BCUT2D eigenvalue weighted by molar-refractivity contribution is 0.600. The van der Waals surface area contributed by atoms with Crippen molar-refractivity contribution in [2.45, 2.75) is 18.7 Å². The Labute approximate surface area is 145 Å². The standard InChI is InChI=1S/C16H15ClN4O2S/c1-11-16(24(22,23)20-14-4-3-9-18-10-14)12(2)21(19-11)15-7-5-13(17)6-8-15/h3-10,20H,1-2H3. The molecule has 0 saturated heterocycles.